The van der Waals surface area contributed by atoms with Gasteiger partial charge in [-0.3, -0.25) is 4.79 Å². The number of hydrogen-bond donors (Lipinski definition) is 1. The second-order valence-electron chi connectivity index (χ2n) is 5.89. The number of aryl methyl sites for hydroxylation is 2. The molecule has 102 valence electrons. The maximum Gasteiger partial charge on any atom is 0.222 e. The fraction of sp³-hybridized carbons (Fsp3) is 0.562. The van der Waals surface area contributed by atoms with Crippen LogP contribution in [0.1, 0.15) is 24.0 Å². The van der Waals surface area contributed by atoms with Gasteiger partial charge in [0.05, 0.1) is 0 Å². The second-order valence-corrected chi connectivity index (χ2v) is 5.89. The summed E-state index contributed by atoms with van der Waals surface area (Å²) in [5.41, 5.74) is 2.53. The molecule has 2 saturated heterocycles. The summed E-state index contributed by atoms with van der Waals surface area (Å²) in [6.07, 6.45) is 2.73. The number of benzene rings is 1. The van der Waals surface area contributed by atoms with E-state index in [2.05, 4.69) is 41.4 Å². The average molecular weight is 258 g/mol. The number of likely N-dealkylation sites (tertiary alicyclic amines) is 1. The number of amides is 1. The zero-order valence-corrected chi connectivity index (χ0v) is 11.6. The predicted octanol–water partition coefficient (Wildman–Crippen LogP) is 1.75. The molecular weight excluding hydrogens is 236 g/mol. The molecule has 0 aromatic heterocycles. The van der Waals surface area contributed by atoms with Crippen LogP contribution in [0.4, 0.5) is 0 Å². The number of nitrogens with one attached hydrogen (secondary N) is 1. The zero-order chi connectivity index (χ0) is 13.2. The number of rotatable bonds is 3. The first kappa shape index (κ1) is 12.7. The number of fused-ring (bicyclic) bond motifs is 1. The van der Waals surface area contributed by atoms with E-state index < -0.39 is 0 Å². The van der Waals surface area contributed by atoms with Crippen molar-refractivity contribution in [3.63, 3.8) is 0 Å². The lowest BCUT2D eigenvalue weighted by Crippen LogP contribution is -2.34. The summed E-state index contributed by atoms with van der Waals surface area (Å²) in [6, 6.07) is 9.04. The summed E-state index contributed by atoms with van der Waals surface area (Å²) in [5, 5.41) is 3.49. The molecule has 0 unspecified atom stereocenters. The highest BCUT2D eigenvalue weighted by Gasteiger charge is 2.37. The van der Waals surface area contributed by atoms with Gasteiger partial charge in [0.25, 0.3) is 0 Å². The van der Waals surface area contributed by atoms with Crippen LogP contribution < -0.4 is 5.32 Å². The van der Waals surface area contributed by atoms with Crippen molar-refractivity contribution in [1.82, 2.24) is 10.2 Å². The Labute approximate surface area is 115 Å². The van der Waals surface area contributed by atoms with Crippen molar-refractivity contribution in [2.75, 3.05) is 19.6 Å². The molecule has 2 aliphatic rings. The van der Waals surface area contributed by atoms with Gasteiger partial charge in [-0.15, -0.1) is 0 Å². The molecule has 2 fully saturated rings. The Morgan fingerprint density at radius 2 is 2.11 bits per heavy atom. The second kappa shape index (κ2) is 5.33. The summed E-state index contributed by atoms with van der Waals surface area (Å²) >= 11 is 0. The zero-order valence-electron chi connectivity index (χ0n) is 11.6. The van der Waals surface area contributed by atoms with Gasteiger partial charge in [0.1, 0.15) is 0 Å². The fourth-order valence-electron chi connectivity index (χ4n) is 3.22. The number of carbonyl (C=O) groups is 1. The van der Waals surface area contributed by atoms with Crippen LogP contribution in [0.15, 0.2) is 24.3 Å². The molecule has 1 aromatic rings. The lowest BCUT2D eigenvalue weighted by atomic mass is 10.1. The van der Waals surface area contributed by atoms with Crippen molar-refractivity contribution in [3.05, 3.63) is 35.4 Å². The van der Waals surface area contributed by atoms with Crippen LogP contribution >= 0.6 is 0 Å². The van der Waals surface area contributed by atoms with Crippen molar-refractivity contribution >= 4 is 5.91 Å². The van der Waals surface area contributed by atoms with E-state index >= 15 is 0 Å². The van der Waals surface area contributed by atoms with Gasteiger partial charge in [-0.1, -0.05) is 29.8 Å². The van der Waals surface area contributed by atoms with Gasteiger partial charge in [-0.2, -0.15) is 0 Å². The third-order valence-electron chi connectivity index (χ3n) is 4.46. The van der Waals surface area contributed by atoms with Gasteiger partial charge in [0.15, 0.2) is 0 Å². The smallest absolute Gasteiger partial charge is 0.222 e. The molecular formula is C16H22N2O. The van der Waals surface area contributed by atoms with Crippen molar-refractivity contribution in [3.8, 4) is 0 Å². The molecule has 0 radical (unpaired) electrons. The number of carbonyl (C=O) groups excluding carboxylic acids is 1. The molecule has 3 nitrogen and oxygen atoms in total. The highest BCUT2D eigenvalue weighted by atomic mass is 16.2. The standard InChI is InChI=1S/C16H22N2O/c1-12-2-4-13(5-3-12)6-7-16(19)18-10-14-8-9-17-15(14)11-18/h2-5,14-15,17H,6-11H2,1H3/t14-,15+/m0/s1. The fourth-order valence-corrected chi connectivity index (χ4v) is 3.22. The Morgan fingerprint density at radius 3 is 2.84 bits per heavy atom. The van der Waals surface area contributed by atoms with Crippen molar-refractivity contribution < 1.29 is 4.79 Å². The monoisotopic (exact) mass is 258 g/mol. The Hall–Kier alpha value is -1.35. The molecule has 19 heavy (non-hydrogen) atoms. The van der Waals surface area contributed by atoms with E-state index in [4.69, 9.17) is 0 Å². The summed E-state index contributed by atoms with van der Waals surface area (Å²) in [4.78, 5) is 14.3. The van der Waals surface area contributed by atoms with E-state index in [1.165, 1.54) is 17.5 Å². The van der Waals surface area contributed by atoms with E-state index in [1.807, 2.05) is 0 Å². The van der Waals surface area contributed by atoms with E-state index in [1.54, 1.807) is 0 Å². The lowest BCUT2D eigenvalue weighted by molar-refractivity contribution is -0.130. The van der Waals surface area contributed by atoms with Gasteiger partial charge >= 0.3 is 0 Å². The van der Waals surface area contributed by atoms with Crippen LogP contribution in [0.2, 0.25) is 0 Å². The highest BCUT2D eigenvalue weighted by molar-refractivity contribution is 5.77. The Morgan fingerprint density at radius 1 is 1.32 bits per heavy atom. The first-order valence-electron chi connectivity index (χ1n) is 7.29. The molecule has 0 bridgehead atoms. The molecule has 2 heterocycles. The lowest BCUT2D eigenvalue weighted by Gasteiger charge is -2.17. The molecule has 2 aliphatic heterocycles. The summed E-state index contributed by atoms with van der Waals surface area (Å²) in [5.74, 6) is 1.01. The largest absolute Gasteiger partial charge is 0.341 e. The molecule has 1 amide bonds. The normalized spacial score (nSPS) is 25.6. The minimum atomic E-state index is 0.316. The SMILES string of the molecule is Cc1ccc(CCC(=O)N2C[C@@H]3CCN[C@@H]3C2)cc1. The van der Waals surface area contributed by atoms with Gasteiger partial charge < -0.3 is 10.2 Å². The van der Waals surface area contributed by atoms with Crippen LogP contribution in [-0.2, 0) is 11.2 Å². The van der Waals surface area contributed by atoms with Gasteiger partial charge in [0, 0.05) is 25.6 Å². The average Bonchev–Trinajstić information content (AvgIpc) is 2.98. The summed E-state index contributed by atoms with van der Waals surface area (Å²) < 4.78 is 0. The third-order valence-corrected chi connectivity index (χ3v) is 4.46. The first-order valence-corrected chi connectivity index (χ1v) is 7.29. The Bertz CT molecular complexity index is 442. The minimum Gasteiger partial charge on any atom is -0.341 e. The maximum absolute atomic E-state index is 12.2. The first-order chi connectivity index (χ1) is 9.22. The highest BCUT2D eigenvalue weighted by Crippen LogP contribution is 2.25. The molecule has 1 aromatic carbocycles. The van der Waals surface area contributed by atoms with Crippen LogP contribution in [0.3, 0.4) is 0 Å². The van der Waals surface area contributed by atoms with Crippen molar-refractivity contribution in [2.24, 2.45) is 5.92 Å². The quantitative estimate of drug-likeness (QED) is 0.896. The van der Waals surface area contributed by atoms with Crippen LogP contribution in [0.5, 0.6) is 0 Å². The van der Waals surface area contributed by atoms with Crippen LogP contribution in [0.25, 0.3) is 0 Å². The van der Waals surface area contributed by atoms with Crippen LogP contribution in [-0.4, -0.2) is 36.5 Å². The molecule has 3 rings (SSSR count). The van der Waals surface area contributed by atoms with E-state index in [0.717, 1.165) is 26.1 Å². The molecule has 1 N–H and O–H groups in total. The molecule has 0 saturated carbocycles. The number of hydrogen-bond acceptors (Lipinski definition) is 2. The maximum atomic E-state index is 12.2. The minimum absolute atomic E-state index is 0.316. The Kier molecular flexibility index (Phi) is 3.56. The van der Waals surface area contributed by atoms with Gasteiger partial charge in [0.2, 0.25) is 5.91 Å². The topological polar surface area (TPSA) is 32.3 Å². The summed E-state index contributed by atoms with van der Waals surface area (Å²) in [7, 11) is 0. The van der Waals surface area contributed by atoms with Gasteiger partial charge in [-0.05, 0) is 37.8 Å². The molecule has 0 spiro atoms. The molecule has 2 atom stereocenters. The van der Waals surface area contributed by atoms with Gasteiger partial charge in [-0.25, -0.2) is 0 Å². The molecule has 0 aliphatic carbocycles. The van der Waals surface area contributed by atoms with E-state index in [-0.39, 0.29) is 0 Å². The van der Waals surface area contributed by atoms with Crippen molar-refractivity contribution in [2.45, 2.75) is 32.2 Å². The summed E-state index contributed by atoms with van der Waals surface area (Å²) in [6.45, 7) is 5.09. The predicted molar refractivity (Wildman–Crippen MR) is 76.0 cm³/mol. The van der Waals surface area contributed by atoms with Crippen LogP contribution in [0, 0.1) is 12.8 Å². The molecule has 3 heteroatoms. The third kappa shape index (κ3) is 2.81. The van der Waals surface area contributed by atoms with Crippen molar-refractivity contribution in [1.29, 1.82) is 0 Å². The Balaban J connectivity index is 1.50. The number of nitrogens with zero attached hydrogens (tertiary/aromatic N) is 1. The van der Waals surface area contributed by atoms with E-state index in [0.29, 0.717) is 24.3 Å². The van der Waals surface area contributed by atoms with E-state index in [9.17, 15) is 4.79 Å².